The Hall–Kier alpha value is -0.400. The second-order valence-electron chi connectivity index (χ2n) is 32.4. The van der Waals surface area contributed by atoms with Gasteiger partial charge in [-0.05, 0) is 267 Å². The predicted octanol–water partition coefficient (Wildman–Crippen LogP) is 11.6. The van der Waals surface area contributed by atoms with Crippen LogP contribution in [-0.4, -0.2) is 168 Å². The molecule has 0 aromatic rings. The van der Waals surface area contributed by atoms with E-state index in [4.69, 9.17) is 0 Å². The number of piperazine rings is 2. The van der Waals surface area contributed by atoms with Crippen LogP contribution >= 0.6 is 0 Å². The number of piperidine rings is 2. The molecule has 0 spiro atoms. The summed E-state index contributed by atoms with van der Waals surface area (Å²) in [6.07, 6.45) is 58.6. The van der Waals surface area contributed by atoms with Crippen LogP contribution in [0, 0.1) is 59.2 Å². The zero-order valence-electron chi connectivity index (χ0n) is 52.0. The van der Waals surface area contributed by atoms with Crippen LogP contribution in [0.4, 0.5) is 0 Å². The normalized spacial score (nSPS) is 52.5. The molecule has 9 saturated carbocycles. The molecule has 0 radical (unpaired) electrons. The van der Waals surface area contributed by atoms with Crippen molar-refractivity contribution in [2.24, 2.45) is 59.2 Å². The van der Waals surface area contributed by atoms with Crippen molar-refractivity contribution in [2.45, 2.75) is 341 Å². The molecule has 15 fully saturated rings. The first-order chi connectivity index (χ1) is 39.3. The van der Waals surface area contributed by atoms with Gasteiger partial charge in [-0.3, -0.25) is 40.0 Å². The number of hydrogen-bond donors (Lipinski definition) is 4. The van der Waals surface area contributed by atoms with E-state index in [1.807, 2.05) is 0 Å². The van der Waals surface area contributed by atoms with Crippen LogP contribution in [0.1, 0.15) is 244 Å². The highest BCUT2D eigenvalue weighted by atomic mass is 15.4. The molecule has 20 atom stereocenters. The van der Waals surface area contributed by atoms with Gasteiger partial charge in [0.05, 0.1) is 24.7 Å². The highest BCUT2D eigenvalue weighted by Crippen LogP contribution is 2.60. The van der Waals surface area contributed by atoms with Gasteiger partial charge in [-0.2, -0.15) is 0 Å². The van der Waals surface area contributed by atoms with Gasteiger partial charge in [-0.15, -0.1) is 0 Å². The van der Waals surface area contributed by atoms with Gasteiger partial charge in [0.2, 0.25) is 0 Å². The van der Waals surface area contributed by atoms with Crippen molar-refractivity contribution in [3.63, 3.8) is 0 Å². The van der Waals surface area contributed by atoms with Gasteiger partial charge >= 0.3 is 0 Å². The summed E-state index contributed by atoms with van der Waals surface area (Å²) in [6, 6.07) is 9.51. The fourth-order valence-corrected chi connectivity index (χ4v) is 25.7. The molecular formula is C70H122N10. The van der Waals surface area contributed by atoms with E-state index in [0.29, 0.717) is 36.7 Å². The average Bonchev–Trinajstić information content (AvgIpc) is 4.09. The van der Waals surface area contributed by atoms with Gasteiger partial charge in [0, 0.05) is 72.5 Å². The molecule has 80 heavy (non-hydrogen) atoms. The first-order valence-electron chi connectivity index (χ1n) is 36.8. The van der Waals surface area contributed by atoms with Crippen LogP contribution in [0.3, 0.4) is 0 Å². The lowest BCUT2D eigenvalue weighted by Crippen LogP contribution is -2.71. The van der Waals surface area contributed by atoms with E-state index in [2.05, 4.69) is 78.9 Å². The number of fused-ring (bicyclic) bond motifs is 6. The fourth-order valence-electron chi connectivity index (χ4n) is 25.7. The van der Waals surface area contributed by atoms with E-state index in [1.165, 1.54) is 219 Å². The highest BCUT2D eigenvalue weighted by molar-refractivity contribution is 5.11. The summed E-state index contributed by atoms with van der Waals surface area (Å²) in [5.74, 6) is 9.19. The summed E-state index contributed by atoms with van der Waals surface area (Å²) in [5, 5.41) is 16.5. The molecule has 0 bridgehead atoms. The van der Waals surface area contributed by atoms with E-state index in [-0.39, 0.29) is 0 Å². The Morgan fingerprint density at radius 2 is 0.625 bits per heavy atom. The van der Waals surface area contributed by atoms with Crippen LogP contribution in [-0.2, 0) is 0 Å². The Balaban J connectivity index is 0.748. The maximum absolute atomic E-state index is 4.29. The quantitative estimate of drug-likeness (QED) is 0.189. The minimum Gasteiger partial charge on any atom is -0.300 e. The van der Waals surface area contributed by atoms with E-state index in [1.54, 1.807) is 38.5 Å². The summed E-state index contributed by atoms with van der Waals surface area (Å²) in [4.78, 5) is 18.3. The lowest BCUT2D eigenvalue weighted by atomic mass is 9.50. The molecule has 6 saturated heterocycles. The topological polar surface area (TPSA) is 67.6 Å². The van der Waals surface area contributed by atoms with Crippen LogP contribution in [0.15, 0.2) is 0 Å². The van der Waals surface area contributed by atoms with Crippen molar-refractivity contribution < 1.29 is 0 Å². The zero-order chi connectivity index (χ0) is 53.6. The molecule has 0 aromatic heterocycles. The van der Waals surface area contributed by atoms with Crippen LogP contribution in [0.25, 0.3) is 0 Å². The maximum atomic E-state index is 4.29. The van der Waals surface area contributed by atoms with E-state index >= 15 is 0 Å². The number of nitrogens with one attached hydrogen (secondary N) is 4. The minimum absolute atomic E-state index is 0.543. The summed E-state index contributed by atoms with van der Waals surface area (Å²) in [5.41, 5.74) is 0. The van der Waals surface area contributed by atoms with Crippen LogP contribution in [0.2, 0.25) is 0 Å². The minimum atomic E-state index is 0.543. The lowest BCUT2D eigenvalue weighted by molar-refractivity contribution is -0.122. The molecule has 15 rings (SSSR count). The standard InChI is InChI=1S/C70H122N10/c1-75-58-23-5-9-27-62(58)79(63-28-10-6-24-59(63)75)52-19-13-17-49(41-52)51-43-54(45-31-35-47(36-32-45)67-73-56-21-15-39-71-69(56)77(67)3)66(55(44-51)46-33-37-48(38-34-46)68-74-57-22-16-40-72-70(57)78(68)4)50-18-14-20-53(42-50)80-64-29-11-7-25-60(64)76(2)61-26-8-12-30-65(61)80/h45-74H,5-44H2,1-4H3. The average molecular weight is 1100 g/mol. The monoisotopic (exact) mass is 1100 g/mol. The Labute approximate surface area is 490 Å². The summed E-state index contributed by atoms with van der Waals surface area (Å²) >= 11 is 0. The number of hydrogen-bond acceptors (Lipinski definition) is 10. The molecule has 15 aliphatic rings. The Bertz CT molecular complexity index is 1910. The Kier molecular flexibility index (Phi) is 17.0. The summed E-state index contributed by atoms with van der Waals surface area (Å²) in [6.45, 7) is 2.40. The lowest BCUT2D eigenvalue weighted by Gasteiger charge is -2.62. The number of likely N-dealkylation sites (N-methyl/N-ethyl adjacent to an activating group) is 4. The van der Waals surface area contributed by atoms with Gasteiger partial charge in [0.15, 0.2) is 0 Å². The molecule has 6 heterocycles. The molecule has 10 nitrogen and oxygen atoms in total. The first-order valence-corrected chi connectivity index (χ1v) is 36.8. The smallest absolute Gasteiger partial charge is 0.0765 e. The van der Waals surface area contributed by atoms with E-state index in [0.717, 1.165) is 120 Å². The van der Waals surface area contributed by atoms with Gasteiger partial charge < -0.3 is 10.6 Å². The molecule has 9 aliphatic carbocycles. The number of nitrogens with zero attached hydrogens (tertiary/aromatic N) is 6. The SMILES string of the molecule is CN1C2CCCCC2N(C2CCCC(C3CC(C4CCC(C5NC6CCCNC6N5C)CC4)C(C4CCCC(N5C6CCCCC6N(C)C6CCCCC65)C4)C(C4CCC(C5NC6CCCNC6N5C)CC4)C3)C2)C2CCCCC21. The zero-order valence-corrected chi connectivity index (χ0v) is 52.0. The second kappa shape index (κ2) is 24.3. The van der Waals surface area contributed by atoms with Gasteiger partial charge in [0.1, 0.15) is 0 Å². The van der Waals surface area contributed by atoms with Gasteiger partial charge in [-0.25, -0.2) is 0 Å². The molecule has 452 valence electrons. The maximum Gasteiger partial charge on any atom is 0.0765 e. The second-order valence-corrected chi connectivity index (χ2v) is 32.4. The number of rotatable bonds is 8. The summed E-state index contributed by atoms with van der Waals surface area (Å²) in [7, 11) is 10.1. The molecule has 6 aliphatic heterocycles. The Morgan fingerprint density at radius 1 is 0.263 bits per heavy atom. The third kappa shape index (κ3) is 10.4. The molecule has 10 heteroatoms. The van der Waals surface area contributed by atoms with Crippen LogP contribution in [0.5, 0.6) is 0 Å². The fraction of sp³-hybridized carbons (Fsp3) is 1.00. The summed E-state index contributed by atoms with van der Waals surface area (Å²) < 4.78 is 0. The van der Waals surface area contributed by atoms with E-state index < -0.39 is 0 Å². The van der Waals surface area contributed by atoms with E-state index in [9.17, 15) is 0 Å². The van der Waals surface area contributed by atoms with Gasteiger partial charge in [0.25, 0.3) is 0 Å². The van der Waals surface area contributed by atoms with Crippen molar-refractivity contribution >= 4 is 0 Å². The van der Waals surface area contributed by atoms with Crippen LogP contribution < -0.4 is 21.3 Å². The molecule has 20 unspecified atom stereocenters. The van der Waals surface area contributed by atoms with Crippen molar-refractivity contribution in [3.05, 3.63) is 0 Å². The largest absolute Gasteiger partial charge is 0.300 e. The third-order valence-corrected chi connectivity index (χ3v) is 29.1. The van der Waals surface area contributed by atoms with Crippen molar-refractivity contribution in [2.75, 3.05) is 41.3 Å². The molecule has 0 aromatic carbocycles. The van der Waals surface area contributed by atoms with Crippen molar-refractivity contribution in [1.82, 2.24) is 50.7 Å². The van der Waals surface area contributed by atoms with Gasteiger partial charge in [-0.1, -0.05) is 77.0 Å². The molecule has 0 amide bonds. The molecule has 4 N–H and O–H groups in total. The highest BCUT2D eigenvalue weighted by Gasteiger charge is 2.57. The third-order valence-electron chi connectivity index (χ3n) is 29.1. The van der Waals surface area contributed by atoms with Crippen molar-refractivity contribution in [1.29, 1.82) is 0 Å². The first kappa shape index (κ1) is 56.1. The molecular weight excluding hydrogens is 981 g/mol. The predicted molar refractivity (Wildman–Crippen MR) is 328 cm³/mol. The van der Waals surface area contributed by atoms with Crippen molar-refractivity contribution in [3.8, 4) is 0 Å². The Morgan fingerprint density at radius 3 is 1.02 bits per heavy atom.